The summed E-state index contributed by atoms with van der Waals surface area (Å²) in [5.74, 6) is -1.39. The summed E-state index contributed by atoms with van der Waals surface area (Å²) >= 11 is 4.77. The second-order valence-corrected chi connectivity index (χ2v) is 6.63. The van der Waals surface area contributed by atoms with Gasteiger partial charge in [0.1, 0.15) is 5.82 Å². The van der Waals surface area contributed by atoms with E-state index in [1.54, 1.807) is 19.1 Å². The standard InChI is InChI=1S/C14H13BrFNO2S/c1-7-3-9(16)5-10(4-7)17-13(14(18)19)12-6-11(15)8(2)20-12/h3-6,13,17H,1-2H3,(H,18,19). The molecule has 6 heteroatoms. The number of nitrogens with one attached hydrogen (secondary N) is 1. The molecular weight excluding hydrogens is 345 g/mol. The van der Waals surface area contributed by atoms with Crippen LogP contribution < -0.4 is 5.32 Å². The van der Waals surface area contributed by atoms with Crippen molar-refractivity contribution in [1.29, 1.82) is 0 Å². The molecule has 3 nitrogen and oxygen atoms in total. The van der Waals surface area contributed by atoms with E-state index in [4.69, 9.17) is 0 Å². The zero-order valence-electron chi connectivity index (χ0n) is 10.9. The Balaban J connectivity index is 2.32. The Morgan fingerprint density at radius 1 is 1.35 bits per heavy atom. The summed E-state index contributed by atoms with van der Waals surface area (Å²) in [6.45, 7) is 3.67. The lowest BCUT2D eigenvalue weighted by Crippen LogP contribution is -2.19. The number of carbonyl (C=O) groups is 1. The Labute approximate surface area is 128 Å². The number of benzene rings is 1. The molecule has 2 aromatic rings. The van der Waals surface area contributed by atoms with Crippen LogP contribution >= 0.6 is 27.3 Å². The van der Waals surface area contributed by atoms with Crippen molar-refractivity contribution in [1.82, 2.24) is 0 Å². The first-order chi connectivity index (χ1) is 9.36. The molecule has 1 aromatic carbocycles. The van der Waals surface area contributed by atoms with Crippen molar-refractivity contribution in [3.63, 3.8) is 0 Å². The maximum atomic E-state index is 13.4. The van der Waals surface area contributed by atoms with Gasteiger partial charge in [-0.15, -0.1) is 11.3 Å². The second-order valence-electron chi connectivity index (χ2n) is 4.49. The molecule has 1 unspecified atom stereocenters. The fraction of sp³-hybridized carbons (Fsp3) is 0.214. The van der Waals surface area contributed by atoms with Gasteiger partial charge in [-0.3, -0.25) is 0 Å². The first kappa shape index (κ1) is 15.0. The van der Waals surface area contributed by atoms with Gasteiger partial charge in [-0.1, -0.05) is 0 Å². The van der Waals surface area contributed by atoms with E-state index in [2.05, 4.69) is 21.2 Å². The van der Waals surface area contributed by atoms with E-state index >= 15 is 0 Å². The van der Waals surface area contributed by atoms with Gasteiger partial charge < -0.3 is 10.4 Å². The van der Waals surface area contributed by atoms with Gasteiger partial charge in [-0.2, -0.15) is 0 Å². The summed E-state index contributed by atoms with van der Waals surface area (Å²) in [6, 6.07) is 5.28. The summed E-state index contributed by atoms with van der Waals surface area (Å²) in [5, 5.41) is 12.2. The number of anilines is 1. The molecule has 0 bridgehead atoms. The molecule has 0 radical (unpaired) electrons. The summed E-state index contributed by atoms with van der Waals surface area (Å²) in [6.07, 6.45) is 0. The third-order valence-electron chi connectivity index (χ3n) is 2.76. The highest BCUT2D eigenvalue weighted by Crippen LogP contribution is 2.32. The van der Waals surface area contributed by atoms with E-state index in [9.17, 15) is 14.3 Å². The van der Waals surface area contributed by atoms with E-state index in [1.165, 1.54) is 23.5 Å². The van der Waals surface area contributed by atoms with Gasteiger partial charge in [0.15, 0.2) is 6.04 Å². The van der Waals surface area contributed by atoms with Crippen LogP contribution in [0.1, 0.15) is 21.4 Å². The van der Waals surface area contributed by atoms with Crippen molar-refractivity contribution in [2.24, 2.45) is 0 Å². The van der Waals surface area contributed by atoms with Crippen molar-refractivity contribution in [2.45, 2.75) is 19.9 Å². The Morgan fingerprint density at radius 3 is 2.55 bits per heavy atom. The Morgan fingerprint density at radius 2 is 2.05 bits per heavy atom. The Hall–Kier alpha value is -1.40. The van der Waals surface area contributed by atoms with Gasteiger partial charge in [-0.25, -0.2) is 9.18 Å². The molecule has 0 saturated heterocycles. The van der Waals surface area contributed by atoms with Crippen LogP contribution in [0.5, 0.6) is 0 Å². The zero-order chi connectivity index (χ0) is 14.9. The van der Waals surface area contributed by atoms with Gasteiger partial charge in [0.05, 0.1) is 0 Å². The van der Waals surface area contributed by atoms with Crippen molar-refractivity contribution >= 4 is 38.9 Å². The first-order valence-electron chi connectivity index (χ1n) is 5.89. The average Bonchev–Trinajstić information content (AvgIpc) is 2.64. The zero-order valence-corrected chi connectivity index (χ0v) is 13.3. The van der Waals surface area contributed by atoms with Crippen LogP contribution in [-0.4, -0.2) is 11.1 Å². The SMILES string of the molecule is Cc1cc(F)cc(NC(C(=O)O)c2cc(Br)c(C)s2)c1. The summed E-state index contributed by atoms with van der Waals surface area (Å²) in [5.41, 5.74) is 1.19. The Kier molecular flexibility index (Phi) is 4.45. The van der Waals surface area contributed by atoms with Crippen LogP contribution in [-0.2, 0) is 4.79 Å². The third kappa shape index (κ3) is 3.37. The van der Waals surface area contributed by atoms with Crippen LogP contribution in [0, 0.1) is 19.7 Å². The fourth-order valence-electron chi connectivity index (χ4n) is 1.86. The predicted molar refractivity (Wildman–Crippen MR) is 81.9 cm³/mol. The fourth-order valence-corrected chi connectivity index (χ4v) is 3.47. The van der Waals surface area contributed by atoms with Gasteiger partial charge >= 0.3 is 5.97 Å². The molecule has 2 N–H and O–H groups in total. The van der Waals surface area contributed by atoms with Crippen molar-refractivity contribution in [3.05, 3.63) is 49.9 Å². The monoisotopic (exact) mass is 357 g/mol. The molecule has 2 rings (SSSR count). The molecule has 0 aliphatic rings. The molecule has 0 amide bonds. The minimum absolute atomic E-state index is 0.389. The van der Waals surface area contributed by atoms with Crippen molar-refractivity contribution < 1.29 is 14.3 Å². The number of carboxylic acid groups (broad SMARTS) is 1. The number of thiophene rings is 1. The number of hydrogen-bond acceptors (Lipinski definition) is 3. The predicted octanol–water partition coefficient (Wildman–Crippen LogP) is 4.50. The molecule has 0 aliphatic heterocycles. The summed E-state index contributed by atoms with van der Waals surface area (Å²) < 4.78 is 14.2. The van der Waals surface area contributed by atoms with Gasteiger partial charge in [0.2, 0.25) is 0 Å². The van der Waals surface area contributed by atoms with Crippen LogP contribution in [0.4, 0.5) is 10.1 Å². The smallest absolute Gasteiger partial charge is 0.331 e. The normalized spacial score (nSPS) is 12.2. The van der Waals surface area contributed by atoms with E-state index < -0.39 is 12.0 Å². The lowest BCUT2D eigenvalue weighted by atomic mass is 10.2. The molecule has 1 heterocycles. The van der Waals surface area contributed by atoms with E-state index in [0.29, 0.717) is 10.6 Å². The Bertz CT molecular complexity index is 617. The lowest BCUT2D eigenvalue weighted by Gasteiger charge is -2.15. The van der Waals surface area contributed by atoms with Gasteiger partial charge in [0.25, 0.3) is 0 Å². The van der Waals surface area contributed by atoms with Gasteiger partial charge in [0, 0.05) is 19.9 Å². The largest absolute Gasteiger partial charge is 0.479 e. The highest BCUT2D eigenvalue weighted by atomic mass is 79.9. The van der Waals surface area contributed by atoms with Crippen LogP contribution in [0.25, 0.3) is 0 Å². The van der Waals surface area contributed by atoms with E-state index in [0.717, 1.165) is 14.9 Å². The number of aryl methyl sites for hydroxylation is 2. The maximum Gasteiger partial charge on any atom is 0.331 e. The summed E-state index contributed by atoms with van der Waals surface area (Å²) in [7, 11) is 0. The number of halogens is 2. The van der Waals surface area contributed by atoms with E-state index in [-0.39, 0.29) is 5.82 Å². The molecule has 0 spiro atoms. The number of hydrogen-bond donors (Lipinski definition) is 2. The van der Waals surface area contributed by atoms with E-state index in [1.807, 2.05) is 6.92 Å². The van der Waals surface area contributed by atoms with Crippen molar-refractivity contribution in [3.8, 4) is 0 Å². The molecule has 0 aliphatic carbocycles. The molecular formula is C14H13BrFNO2S. The van der Waals surface area contributed by atoms with Crippen LogP contribution in [0.3, 0.4) is 0 Å². The quantitative estimate of drug-likeness (QED) is 0.846. The molecule has 1 atom stereocenters. The van der Waals surface area contributed by atoms with Crippen LogP contribution in [0.15, 0.2) is 28.7 Å². The third-order valence-corrected chi connectivity index (χ3v) is 4.96. The highest BCUT2D eigenvalue weighted by Gasteiger charge is 2.22. The summed E-state index contributed by atoms with van der Waals surface area (Å²) in [4.78, 5) is 13.1. The minimum Gasteiger partial charge on any atom is -0.479 e. The topological polar surface area (TPSA) is 49.3 Å². The maximum absolute atomic E-state index is 13.4. The molecule has 20 heavy (non-hydrogen) atoms. The molecule has 0 saturated carbocycles. The molecule has 0 fully saturated rings. The lowest BCUT2D eigenvalue weighted by molar-refractivity contribution is -0.138. The number of aliphatic carboxylic acids is 1. The van der Waals surface area contributed by atoms with Crippen molar-refractivity contribution in [2.75, 3.05) is 5.32 Å². The first-order valence-corrected chi connectivity index (χ1v) is 7.50. The molecule has 1 aromatic heterocycles. The minimum atomic E-state index is -0.999. The second kappa shape index (κ2) is 5.93. The number of rotatable bonds is 4. The highest BCUT2D eigenvalue weighted by molar-refractivity contribution is 9.10. The van der Waals surface area contributed by atoms with Crippen LogP contribution in [0.2, 0.25) is 0 Å². The van der Waals surface area contributed by atoms with Gasteiger partial charge in [-0.05, 0) is 59.6 Å². The number of carboxylic acids is 1. The molecule has 106 valence electrons. The average molecular weight is 358 g/mol.